The second kappa shape index (κ2) is 12.8. The van der Waals surface area contributed by atoms with Gasteiger partial charge in [0.15, 0.2) is 0 Å². The lowest BCUT2D eigenvalue weighted by Gasteiger charge is -2.40. The van der Waals surface area contributed by atoms with Crippen molar-refractivity contribution in [3.63, 3.8) is 0 Å². The number of carbonyl (C=O) groups excluding carboxylic acids is 1. The summed E-state index contributed by atoms with van der Waals surface area (Å²) in [5.74, 6) is 6.48. The number of benzene rings is 2. The molecule has 0 unspecified atom stereocenters. The summed E-state index contributed by atoms with van der Waals surface area (Å²) < 4.78 is 3.96. The Morgan fingerprint density at radius 1 is 1.12 bits per heavy atom. The van der Waals surface area contributed by atoms with Gasteiger partial charge < -0.3 is 10.7 Å². The van der Waals surface area contributed by atoms with Crippen LogP contribution in [0, 0.1) is 19.8 Å². The molecule has 14 heteroatoms. The van der Waals surface area contributed by atoms with E-state index in [0.29, 0.717) is 23.4 Å². The first kappa shape index (κ1) is 32.0. The van der Waals surface area contributed by atoms with E-state index in [1.807, 2.05) is 42.0 Å². The number of H-pyrrole nitrogens is 1. The van der Waals surface area contributed by atoms with Crippen LogP contribution in [0.1, 0.15) is 50.8 Å². The van der Waals surface area contributed by atoms with Gasteiger partial charge in [-0.25, -0.2) is 4.79 Å². The van der Waals surface area contributed by atoms with Gasteiger partial charge in [0.05, 0.1) is 35.1 Å². The van der Waals surface area contributed by atoms with Crippen LogP contribution >= 0.6 is 11.6 Å². The highest BCUT2D eigenvalue weighted by Gasteiger charge is 2.33. The Hall–Kier alpha value is -4.62. The number of hydrogen-bond acceptors (Lipinski definition) is 7. The van der Waals surface area contributed by atoms with Gasteiger partial charge in [-0.05, 0) is 77.1 Å². The lowest BCUT2D eigenvalue weighted by molar-refractivity contribution is 0.0864. The van der Waals surface area contributed by atoms with Gasteiger partial charge in [0, 0.05) is 71.3 Å². The van der Waals surface area contributed by atoms with Crippen LogP contribution in [0.5, 0.6) is 0 Å². The van der Waals surface area contributed by atoms with Crippen molar-refractivity contribution in [1.82, 2.24) is 50.4 Å². The number of halogens is 1. The first-order valence-electron chi connectivity index (χ1n) is 16.6. The number of likely N-dealkylation sites (tertiary alicyclic amines) is 1. The van der Waals surface area contributed by atoms with Crippen molar-refractivity contribution < 1.29 is 4.79 Å². The molecular weight excluding hydrogens is 628 g/mol. The fraction of sp³-hybridized carbons (Fsp3) is 0.441. The number of urea groups is 1. The Kier molecular flexibility index (Phi) is 8.50. The number of amides is 2. The molecule has 2 amide bonds. The molecule has 0 bridgehead atoms. The predicted octanol–water partition coefficient (Wildman–Crippen LogP) is 5.28. The second-order valence-electron chi connectivity index (χ2n) is 13.4. The average Bonchev–Trinajstić information content (AvgIpc) is 3.57. The Morgan fingerprint density at radius 3 is 2.60 bits per heavy atom. The Balaban J connectivity index is 1.16. The van der Waals surface area contributed by atoms with Crippen LogP contribution in [-0.2, 0) is 13.7 Å². The van der Waals surface area contributed by atoms with E-state index in [2.05, 4.69) is 79.8 Å². The molecule has 7 rings (SSSR count). The van der Waals surface area contributed by atoms with Gasteiger partial charge in [-0.2, -0.15) is 20.4 Å². The minimum absolute atomic E-state index is 0.0389. The van der Waals surface area contributed by atoms with Crippen LogP contribution in [0.25, 0.3) is 44.2 Å². The number of nitrogens with two attached hydrogens (primary N) is 1. The molecule has 5 aromatic rings. The first-order valence-corrected chi connectivity index (χ1v) is 17.0. The highest BCUT2D eigenvalue weighted by Crippen LogP contribution is 2.43. The summed E-state index contributed by atoms with van der Waals surface area (Å²) in [6.07, 6.45) is 7.50. The largest absolute Gasteiger partial charge is 0.336 e. The number of aromatic amines is 1. The summed E-state index contributed by atoms with van der Waals surface area (Å²) in [4.78, 5) is 17.6. The van der Waals surface area contributed by atoms with Gasteiger partial charge in [-0.15, -0.1) is 0 Å². The molecule has 0 atom stereocenters. The number of carbonyl (C=O) groups is 1. The molecule has 252 valence electrons. The fourth-order valence-corrected chi connectivity index (χ4v) is 7.32. The van der Waals surface area contributed by atoms with Crippen LogP contribution in [0.3, 0.4) is 0 Å². The lowest BCUT2D eigenvalue weighted by atomic mass is 9.94. The van der Waals surface area contributed by atoms with Gasteiger partial charge in [-0.3, -0.25) is 30.2 Å². The molecule has 5 N–H and O–H groups in total. The fourth-order valence-electron chi connectivity index (χ4n) is 7.07. The monoisotopic (exact) mass is 670 g/mol. The molecule has 2 aliphatic rings. The predicted molar refractivity (Wildman–Crippen MR) is 189 cm³/mol. The highest BCUT2D eigenvalue weighted by molar-refractivity contribution is 6.36. The number of rotatable bonds is 7. The number of hydrazine groups is 1. The maximum atomic E-state index is 13.3. The Labute approximate surface area is 284 Å². The molecule has 1 saturated carbocycles. The van der Waals surface area contributed by atoms with Crippen molar-refractivity contribution in [3.8, 4) is 22.4 Å². The van der Waals surface area contributed by atoms with Crippen LogP contribution in [0.15, 0.2) is 41.8 Å². The molecule has 48 heavy (non-hydrogen) atoms. The molecule has 1 aliphatic carbocycles. The van der Waals surface area contributed by atoms with Crippen molar-refractivity contribution in [1.29, 1.82) is 0 Å². The van der Waals surface area contributed by atoms with E-state index >= 15 is 0 Å². The smallest absolute Gasteiger partial charge is 0.322 e. The summed E-state index contributed by atoms with van der Waals surface area (Å²) in [7, 11) is 1.95. The van der Waals surface area contributed by atoms with Gasteiger partial charge in [0.25, 0.3) is 0 Å². The Bertz CT molecular complexity index is 2010. The summed E-state index contributed by atoms with van der Waals surface area (Å²) in [6.45, 7) is 10.5. The number of nitrogens with one attached hydrogen (secondary N) is 3. The molecule has 1 aliphatic heterocycles. The van der Waals surface area contributed by atoms with E-state index in [4.69, 9.17) is 22.5 Å². The molecule has 2 fully saturated rings. The number of nitrogens with zero attached hydrogens (tertiary/aromatic N) is 8. The van der Waals surface area contributed by atoms with Crippen molar-refractivity contribution >= 4 is 45.3 Å². The van der Waals surface area contributed by atoms with E-state index in [0.717, 1.165) is 94.2 Å². The maximum absolute atomic E-state index is 13.3. The van der Waals surface area contributed by atoms with Crippen LogP contribution in [-0.4, -0.2) is 76.6 Å². The number of aromatic nitrogens is 6. The third kappa shape index (κ3) is 5.85. The van der Waals surface area contributed by atoms with Crippen LogP contribution in [0.2, 0.25) is 5.02 Å². The normalized spacial score (nSPS) is 16.4. The van der Waals surface area contributed by atoms with Crippen molar-refractivity contribution in [2.45, 2.75) is 72.1 Å². The topological polar surface area (TPSA) is 150 Å². The van der Waals surface area contributed by atoms with Crippen LogP contribution in [0.4, 0.5) is 4.79 Å². The van der Waals surface area contributed by atoms with Crippen LogP contribution < -0.4 is 16.7 Å². The number of fused-ring (bicyclic) bond motifs is 2. The van der Waals surface area contributed by atoms with E-state index < -0.39 is 0 Å². The van der Waals surface area contributed by atoms with E-state index in [1.54, 1.807) is 0 Å². The number of piperidine rings is 1. The first-order chi connectivity index (χ1) is 23.1. The molecule has 0 spiro atoms. The number of hydrogen-bond donors (Lipinski definition) is 4. The molecular formula is C34H43ClN12O. The summed E-state index contributed by atoms with van der Waals surface area (Å²) in [5.41, 5.74) is 13.6. The van der Waals surface area contributed by atoms with Gasteiger partial charge in [-0.1, -0.05) is 17.7 Å². The molecule has 4 heterocycles. The minimum atomic E-state index is -0.159. The van der Waals surface area contributed by atoms with Crippen molar-refractivity contribution in [2.24, 2.45) is 23.9 Å². The third-order valence-electron chi connectivity index (χ3n) is 9.82. The second-order valence-corrected chi connectivity index (χ2v) is 13.8. The zero-order valence-electron chi connectivity index (χ0n) is 28.1. The highest BCUT2D eigenvalue weighted by atomic mass is 35.5. The summed E-state index contributed by atoms with van der Waals surface area (Å²) in [5, 5.41) is 23.7. The maximum Gasteiger partial charge on any atom is 0.336 e. The zero-order chi connectivity index (χ0) is 33.7. The third-order valence-corrected chi connectivity index (χ3v) is 10.3. The van der Waals surface area contributed by atoms with Gasteiger partial charge in [0.1, 0.15) is 11.5 Å². The number of aryl methyl sites for hydroxylation is 2. The average molecular weight is 671 g/mol. The van der Waals surface area contributed by atoms with Crippen molar-refractivity contribution in [3.05, 3.63) is 52.9 Å². The SMILES string of the molecule is Cc1cc2[nH]ncc2c(-c2c(-c3ccc4c(cnn4C)c3)nn(CN3CCC(N(C(=O)NN/C(=N\N)C4CC4)C(C)C)CC3)c2C)c1Cl. The van der Waals surface area contributed by atoms with Gasteiger partial charge >= 0.3 is 6.03 Å². The van der Waals surface area contributed by atoms with Gasteiger partial charge in [0.2, 0.25) is 0 Å². The standard InChI is InChI=1S/C34H43ClN12O/c1-19(2)47(34(48)42-41-33(39-36)22-6-7-22)25-10-12-45(13-11-25)18-46-21(4)29(30-26-17-37-40-27(26)14-20(3)31(30)35)32(43-46)23-8-9-28-24(15-23)16-38-44(28)5/h8-9,14-17,19,22,25H,6-7,10-13,18,36H2,1-5H3,(H,37,40)(H,39,41)(H,42,48). The number of hydrazone groups is 1. The van der Waals surface area contributed by atoms with Crippen molar-refractivity contribution in [2.75, 3.05) is 13.1 Å². The summed E-state index contributed by atoms with van der Waals surface area (Å²) >= 11 is 7.10. The lowest BCUT2D eigenvalue weighted by Crippen LogP contribution is -2.57. The zero-order valence-corrected chi connectivity index (χ0v) is 28.8. The molecule has 0 radical (unpaired) electrons. The van der Waals surface area contributed by atoms with E-state index in [-0.39, 0.29) is 18.1 Å². The molecule has 13 nitrogen and oxygen atoms in total. The van der Waals surface area contributed by atoms with E-state index in [9.17, 15) is 4.79 Å². The molecule has 2 aromatic carbocycles. The quantitative estimate of drug-likeness (QED) is 0.0796. The van der Waals surface area contributed by atoms with E-state index in [1.165, 1.54) is 0 Å². The molecule has 1 saturated heterocycles. The Morgan fingerprint density at radius 2 is 1.90 bits per heavy atom. The summed E-state index contributed by atoms with van der Waals surface area (Å²) in [6, 6.07) is 8.37. The minimum Gasteiger partial charge on any atom is -0.322 e. The molecule has 3 aromatic heterocycles. The number of amidine groups is 1.